The molecular weight excluding hydrogens is 236 g/mol. The predicted molar refractivity (Wildman–Crippen MR) is 74.7 cm³/mol. The Morgan fingerprint density at radius 2 is 2.05 bits per heavy atom. The van der Waals surface area contributed by atoms with Crippen LogP contribution in [0.3, 0.4) is 0 Å². The number of nitrogens with zero attached hydrogens (tertiary/aromatic N) is 2. The van der Waals surface area contributed by atoms with Crippen molar-refractivity contribution in [2.45, 2.75) is 13.0 Å². The van der Waals surface area contributed by atoms with E-state index in [1.807, 2.05) is 36.9 Å². The van der Waals surface area contributed by atoms with E-state index in [2.05, 4.69) is 20.3 Å². The molecule has 0 saturated heterocycles. The monoisotopic (exact) mass is 250 g/mol. The molecule has 3 aromatic heterocycles. The second-order valence-electron chi connectivity index (χ2n) is 4.85. The molecule has 4 nitrogen and oxygen atoms in total. The van der Waals surface area contributed by atoms with Crippen LogP contribution in [0.2, 0.25) is 0 Å². The summed E-state index contributed by atoms with van der Waals surface area (Å²) in [6.45, 7) is 1.96. The minimum absolute atomic E-state index is 0.921. The molecule has 0 unspecified atom stereocenters. The lowest BCUT2D eigenvalue weighted by atomic mass is 9.96. The Hall–Kier alpha value is -2.20. The summed E-state index contributed by atoms with van der Waals surface area (Å²) in [6, 6.07) is 4.08. The van der Waals surface area contributed by atoms with Crippen LogP contribution in [0.1, 0.15) is 11.1 Å². The van der Waals surface area contributed by atoms with Crippen molar-refractivity contribution in [2.24, 2.45) is 0 Å². The van der Waals surface area contributed by atoms with Crippen molar-refractivity contribution < 1.29 is 0 Å². The standard InChI is InChI=1S/C15H14N4/c1-4-16-5-2-10(1)13-9-19-15-14(13)12-8-17-6-3-11(12)7-18-15/h1-2,4-5,7,9,17H,3,6,8H2,(H,18,19). The third-order valence-corrected chi connectivity index (χ3v) is 3.76. The summed E-state index contributed by atoms with van der Waals surface area (Å²) >= 11 is 0. The summed E-state index contributed by atoms with van der Waals surface area (Å²) in [6.07, 6.45) is 8.76. The highest BCUT2D eigenvalue weighted by Gasteiger charge is 2.17. The van der Waals surface area contributed by atoms with E-state index in [0.717, 1.165) is 25.2 Å². The summed E-state index contributed by atoms with van der Waals surface area (Å²) in [5.41, 5.74) is 6.10. The zero-order chi connectivity index (χ0) is 12.7. The lowest BCUT2D eigenvalue weighted by molar-refractivity contribution is 0.646. The molecule has 94 valence electrons. The molecule has 1 aliphatic heterocycles. The van der Waals surface area contributed by atoms with Gasteiger partial charge in [0, 0.05) is 42.3 Å². The highest BCUT2D eigenvalue weighted by atomic mass is 14.9. The van der Waals surface area contributed by atoms with Crippen molar-refractivity contribution in [1.82, 2.24) is 20.3 Å². The summed E-state index contributed by atoms with van der Waals surface area (Å²) in [7, 11) is 0. The highest BCUT2D eigenvalue weighted by Crippen LogP contribution is 2.32. The summed E-state index contributed by atoms with van der Waals surface area (Å²) in [5, 5.41) is 4.69. The fraction of sp³-hybridized carbons (Fsp3) is 0.200. The molecule has 2 N–H and O–H groups in total. The van der Waals surface area contributed by atoms with Crippen LogP contribution >= 0.6 is 0 Å². The molecule has 0 aromatic carbocycles. The second kappa shape index (κ2) is 4.17. The molecule has 0 atom stereocenters. The third-order valence-electron chi connectivity index (χ3n) is 3.76. The maximum absolute atomic E-state index is 4.54. The number of fused-ring (bicyclic) bond motifs is 3. The van der Waals surface area contributed by atoms with Crippen LogP contribution < -0.4 is 5.32 Å². The molecule has 0 aliphatic carbocycles. The largest absolute Gasteiger partial charge is 0.346 e. The molecule has 4 heteroatoms. The van der Waals surface area contributed by atoms with Crippen LogP contribution in [0, 0.1) is 0 Å². The Morgan fingerprint density at radius 3 is 2.95 bits per heavy atom. The first-order chi connectivity index (χ1) is 9.43. The van der Waals surface area contributed by atoms with Crippen molar-refractivity contribution in [2.75, 3.05) is 6.54 Å². The second-order valence-corrected chi connectivity index (χ2v) is 4.85. The van der Waals surface area contributed by atoms with Gasteiger partial charge >= 0.3 is 0 Å². The van der Waals surface area contributed by atoms with Gasteiger partial charge in [-0.2, -0.15) is 0 Å². The third kappa shape index (κ3) is 1.64. The molecular formula is C15H14N4. The summed E-state index contributed by atoms with van der Waals surface area (Å²) in [5.74, 6) is 0. The molecule has 0 amide bonds. The molecule has 0 fully saturated rings. The number of hydrogen-bond donors (Lipinski definition) is 2. The van der Waals surface area contributed by atoms with Gasteiger partial charge in [-0.1, -0.05) is 0 Å². The fourth-order valence-electron chi connectivity index (χ4n) is 2.81. The summed E-state index contributed by atoms with van der Waals surface area (Å²) < 4.78 is 0. The minimum atomic E-state index is 0.921. The minimum Gasteiger partial charge on any atom is -0.346 e. The van der Waals surface area contributed by atoms with Gasteiger partial charge in [0.15, 0.2) is 0 Å². The molecule has 19 heavy (non-hydrogen) atoms. The Morgan fingerprint density at radius 1 is 1.16 bits per heavy atom. The Kier molecular flexibility index (Phi) is 2.35. The molecule has 1 aliphatic rings. The number of pyridine rings is 2. The smallest absolute Gasteiger partial charge is 0.138 e. The first-order valence-corrected chi connectivity index (χ1v) is 6.52. The van der Waals surface area contributed by atoms with Crippen LogP contribution in [-0.4, -0.2) is 21.5 Å². The van der Waals surface area contributed by atoms with Gasteiger partial charge in [-0.05, 0) is 41.8 Å². The van der Waals surface area contributed by atoms with E-state index < -0.39 is 0 Å². The van der Waals surface area contributed by atoms with Crippen LogP contribution in [0.15, 0.2) is 36.9 Å². The quantitative estimate of drug-likeness (QED) is 0.696. The molecule has 0 bridgehead atoms. The van der Waals surface area contributed by atoms with Gasteiger partial charge < -0.3 is 10.3 Å². The van der Waals surface area contributed by atoms with Gasteiger partial charge in [-0.3, -0.25) is 4.98 Å². The number of rotatable bonds is 1. The molecule has 4 heterocycles. The molecule has 0 saturated carbocycles. The van der Waals surface area contributed by atoms with E-state index in [1.54, 1.807) is 0 Å². The van der Waals surface area contributed by atoms with Gasteiger partial charge in [0.1, 0.15) is 5.65 Å². The van der Waals surface area contributed by atoms with E-state index >= 15 is 0 Å². The normalized spacial score (nSPS) is 14.5. The van der Waals surface area contributed by atoms with Crippen molar-refractivity contribution in [3.05, 3.63) is 48.0 Å². The molecule has 3 aromatic rings. The number of aromatic nitrogens is 3. The predicted octanol–water partition coefficient (Wildman–Crippen LogP) is 2.27. The van der Waals surface area contributed by atoms with E-state index in [1.165, 1.54) is 27.6 Å². The molecule has 0 radical (unpaired) electrons. The molecule has 4 rings (SSSR count). The maximum Gasteiger partial charge on any atom is 0.138 e. The number of aromatic amines is 1. The van der Waals surface area contributed by atoms with Crippen LogP contribution in [0.5, 0.6) is 0 Å². The molecule has 0 spiro atoms. The lowest BCUT2D eigenvalue weighted by Crippen LogP contribution is -2.24. The Bertz CT molecular complexity index is 730. The van der Waals surface area contributed by atoms with E-state index in [-0.39, 0.29) is 0 Å². The van der Waals surface area contributed by atoms with Crippen molar-refractivity contribution >= 4 is 11.0 Å². The average molecular weight is 250 g/mol. The van der Waals surface area contributed by atoms with Gasteiger partial charge in [0.05, 0.1) is 0 Å². The zero-order valence-electron chi connectivity index (χ0n) is 10.5. The van der Waals surface area contributed by atoms with E-state index in [0.29, 0.717) is 0 Å². The zero-order valence-corrected chi connectivity index (χ0v) is 10.5. The number of H-pyrrole nitrogens is 1. The Balaban J connectivity index is 2.02. The van der Waals surface area contributed by atoms with E-state index in [4.69, 9.17) is 0 Å². The van der Waals surface area contributed by atoms with Gasteiger partial charge in [0.2, 0.25) is 0 Å². The average Bonchev–Trinajstić information content (AvgIpc) is 2.92. The van der Waals surface area contributed by atoms with Crippen LogP contribution in [0.4, 0.5) is 0 Å². The highest BCUT2D eigenvalue weighted by molar-refractivity contribution is 5.96. The summed E-state index contributed by atoms with van der Waals surface area (Å²) in [4.78, 5) is 11.9. The van der Waals surface area contributed by atoms with Crippen LogP contribution in [0.25, 0.3) is 22.2 Å². The number of hydrogen-bond acceptors (Lipinski definition) is 3. The first kappa shape index (κ1) is 10.7. The number of nitrogens with one attached hydrogen (secondary N) is 2. The Labute approximate surface area is 110 Å². The van der Waals surface area contributed by atoms with Crippen molar-refractivity contribution in [1.29, 1.82) is 0 Å². The maximum atomic E-state index is 4.54. The van der Waals surface area contributed by atoms with Gasteiger partial charge in [-0.25, -0.2) is 4.98 Å². The van der Waals surface area contributed by atoms with Crippen LogP contribution in [-0.2, 0) is 13.0 Å². The van der Waals surface area contributed by atoms with E-state index in [9.17, 15) is 0 Å². The first-order valence-electron chi connectivity index (χ1n) is 6.52. The van der Waals surface area contributed by atoms with Crippen molar-refractivity contribution in [3.63, 3.8) is 0 Å². The van der Waals surface area contributed by atoms with Gasteiger partial charge in [0.25, 0.3) is 0 Å². The topological polar surface area (TPSA) is 53.6 Å². The van der Waals surface area contributed by atoms with Gasteiger partial charge in [-0.15, -0.1) is 0 Å². The fourth-order valence-corrected chi connectivity index (χ4v) is 2.81. The van der Waals surface area contributed by atoms with Crippen molar-refractivity contribution in [3.8, 4) is 11.1 Å². The lowest BCUT2D eigenvalue weighted by Gasteiger charge is -2.18. The SMILES string of the molecule is c1cc(-c2c[nH]c3ncc4c(c23)CNCC4)ccn1.